The first-order chi connectivity index (χ1) is 39.3. The summed E-state index contributed by atoms with van der Waals surface area (Å²) in [6.45, 7) is 19.0. The first-order valence-electron chi connectivity index (χ1n) is 27.1. The highest BCUT2D eigenvalue weighted by Crippen LogP contribution is 2.54. The molecule has 6 atom stereocenters. The molecule has 6 aliphatic rings. The van der Waals surface area contributed by atoms with Crippen LogP contribution >= 0.6 is 50.5 Å². The van der Waals surface area contributed by atoms with Crippen molar-refractivity contribution in [1.29, 1.82) is 15.8 Å². The van der Waals surface area contributed by atoms with Crippen molar-refractivity contribution in [1.82, 2.24) is 29.7 Å². The normalized spacial score (nSPS) is 21.4. The summed E-state index contributed by atoms with van der Waals surface area (Å²) in [5.41, 5.74) is 3.36. The third-order valence-electron chi connectivity index (χ3n) is 15.4. The van der Waals surface area contributed by atoms with Gasteiger partial charge >= 0.3 is 18.3 Å². The van der Waals surface area contributed by atoms with Crippen LogP contribution in [0.5, 0.6) is 0 Å². The Balaban J connectivity index is 0.000000193. The van der Waals surface area contributed by atoms with Gasteiger partial charge in [0.2, 0.25) is 0 Å². The predicted octanol–water partition coefficient (Wildman–Crippen LogP) is 12.9. The number of likely N-dealkylation sites (tertiary alicyclic amines) is 2. The van der Waals surface area contributed by atoms with E-state index in [0.29, 0.717) is 82.3 Å². The zero-order valence-electron chi connectivity index (χ0n) is 47.0. The van der Waals surface area contributed by atoms with Gasteiger partial charge in [0.15, 0.2) is 0 Å². The van der Waals surface area contributed by atoms with Crippen LogP contribution in [0.15, 0.2) is 29.3 Å². The summed E-state index contributed by atoms with van der Waals surface area (Å²) >= 11 is 18.5. The molecule has 1 N–H and O–H groups in total. The third kappa shape index (κ3) is 10.5. The Hall–Kier alpha value is -6.91. The van der Waals surface area contributed by atoms with Crippen LogP contribution in [0, 0.1) is 39.8 Å². The molecule has 25 heteroatoms. The number of benzene rings is 3. The van der Waals surface area contributed by atoms with Gasteiger partial charge < -0.3 is 43.3 Å². The summed E-state index contributed by atoms with van der Waals surface area (Å²) in [6.07, 6.45) is 2.44. The molecule has 4 saturated heterocycles. The lowest BCUT2D eigenvalue weighted by atomic mass is 9.88. The van der Waals surface area contributed by atoms with Crippen molar-refractivity contribution >= 4 is 117 Å². The van der Waals surface area contributed by atoms with Gasteiger partial charge in [0.05, 0.1) is 117 Å². The van der Waals surface area contributed by atoms with Gasteiger partial charge in [-0.25, -0.2) is 38.7 Å². The minimum Gasteiger partial charge on any atom is -0.444 e. The van der Waals surface area contributed by atoms with Crippen LogP contribution in [0.4, 0.5) is 35.4 Å². The lowest BCUT2D eigenvalue weighted by Gasteiger charge is -2.36. The Morgan fingerprint density at radius 2 is 1.20 bits per heavy atom. The Labute approximate surface area is 500 Å². The molecule has 3 amide bonds. The van der Waals surface area contributed by atoms with Crippen molar-refractivity contribution in [2.45, 2.75) is 154 Å². The molecule has 0 aliphatic carbocycles. The van der Waals surface area contributed by atoms with Crippen molar-refractivity contribution in [3.8, 4) is 29.3 Å². The molecule has 83 heavy (non-hydrogen) atoms. The highest BCUT2D eigenvalue weighted by Gasteiger charge is 2.50. The number of thiophene rings is 1. The fourth-order valence-electron chi connectivity index (χ4n) is 12.3. The number of amides is 3. The molecule has 4 bridgehead atoms. The van der Waals surface area contributed by atoms with E-state index in [4.69, 9.17) is 51.9 Å². The number of ether oxygens (including phenoxy) is 5. The number of rotatable bonds is 6. The van der Waals surface area contributed by atoms with Gasteiger partial charge in [0.1, 0.15) is 58.0 Å². The Kier molecular flexibility index (Phi) is 15.1. The molecule has 6 aromatic rings. The summed E-state index contributed by atoms with van der Waals surface area (Å²) in [5.74, 6) is 0.829. The van der Waals surface area contributed by atoms with E-state index >= 15 is 4.39 Å². The minimum atomic E-state index is -0.796. The first kappa shape index (κ1) is 57.9. The van der Waals surface area contributed by atoms with E-state index in [1.165, 1.54) is 18.7 Å². The van der Waals surface area contributed by atoms with E-state index in [1.54, 1.807) is 31.7 Å². The largest absolute Gasteiger partial charge is 0.444 e. The number of carbonyl (C=O) groups excluding carboxylic acids is 3. The molecule has 20 nitrogen and oxygen atoms in total. The van der Waals surface area contributed by atoms with E-state index in [-0.39, 0.29) is 87.6 Å². The fraction of sp³-hybridized carbons (Fsp3) is 0.483. The second-order valence-corrected chi connectivity index (χ2v) is 26.8. The number of nitrogens with one attached hydrogen (secondary N) is 1. The lowest BCUT2D eigenvalue weighted by molar-refractivity contribution is 0.0204. The van der Waals surface area contributed by atoms with Gasteiger partial charge in [-0.15, -0.1) is 11.3 Å². The third-order valence-corrected chi connectivity index (χ3v) is 18.3. The molecule has 3 aromatic heterocycles. The number of hydrogen-bond acceptors (Lipinski definition) is 18. The van der Waals surface area contributed by atoms with Gasteiger partial charge in [0.25, 0.3) is 0 Å². The fourth-order valence-corrected chi connectivity index (χ4v) is 14.5. The number of carbonyl (C=O) groups is 3. The van der Waals surface area contributed by atoms with Crippen LogP contribution in [0.1, 0.15) is 128 Å². The molecule has 0 spiro atoms. The summed E-state index contributed by atoms with van der Waals surface area (Å²) in [5, 5.41) is 34.8. The molecule has 432 valence electrons. The maximum absolute atomic E-state index is 15.5. The summed E-state index contributed by atoms with van der Waals surface area (Å²) < 4.78 is 45.2. The quantitative estimate of drug-likeness (QED) is 0.152. The number of anilines is 3. The molecule has 12 rings (SSSR count). The molecule has 4 fully saturated rings. The van der Waals surface area contributed by atoms with Crippen LogP contribution in [0.3, 0.4) is 0 Å². The highest BCUT2D eigenvalue weighted by atomic mass is 79.9. The maximum Gasteiger partial charge on any atom is 0.412 e. The van der Waals surface area contributed by atoms with Gasteiger partial charge in [-0.1, -0.05) is 29.3 Å². The van der Waals surface area contributed by atoms with Gasteiger partial charge in [-0.05, 0) is 108 Å². The zero-order chi connectivity index (χ0) is 59.4. The van der Waals surface area contributed by atoms with Crippen LogP contribution in [-0.2, 0) is 36.9 Å². The van der Waals surface area contributed by atoms with E-state index in [1.807, 2.05) is 46.4 Å². The van der Waals surface area contributed by atoms with Crippen molar-refractivity contribution < 1.29 is 42.5 Å². The number of halogens is 4. The molecule has 9 heterocycles. The van der Waals surface area contributed by atoms with Gasteiger partial charge in [0, 0.05) is 58.3 Å². The van der Waals surface area contributed by atoms with Crippen LogP contribution in [-0.4, -0.2) is 115 Å². The molecular formula is C58H58BrCl2FN12O8S. The van der Waals surface area contributed by atoms with Gasteiger partial charge in [-0.2, -0.15) is 15.8 Å². The number of fused-ring (bicyclic) bond motifs is 11. The van der Waals surface area contributed by atoms with E-state index in [0.717, 1.165) is 51.0 Å². The first-order valence-corrected chi connectivity index (χ1v) is 29.4. The smallest absolute Gasteiger partial charge is 0.412 e. The number of piperazine rings is 2. The highest BCUT2D eigenvalue weighted by molar-refractivity contribution is 9.10. The number of aromatic nitrogens is 4. The van der Waals surface area contributed by atoms with Crippen LogP contribution in [0.2, 0.25) is 10.0 Å². The monoisotopic (exact) mass is 1250 g/mol. The molecule has 2 unspecified atom stereocenters. The van der Waals surface area contributed by atoms with Gasteiger partial charge in [-0.3, -0.25) is 5.32 Å². The Morgan fingerprint density at radius 1 is 0.711 bits per heavy atom. The standard InChI is InChI=1S/C36H35ClFN7O5S.C22H23BrClN5O3/c1-35(2,3)49-33(46)43-32-20(12-40)25-19(7-8-22(38)30(25)51-32)24-21-15-48-23(9-10-39)26(21)27-29(28(24)37)41-16-42-31(27)44-13-18-11-17(44)14-45(18)34(47)50-36(4,5)6;1-22(2,3)32-21(30)29-8-11-6-12(29)7-28(11)20-16-15-13(9-31-14(15)4-5-25)17(23)18(24)19(16)26-10-27-20/h7-8,16-18,23H,9,11,13-15H2,1-6H3,(H,43,46);10-12,14H,4,6-9H2,1-3H3/t17-,18-,23?;11-,12-,14?/m11/s1. The zero-order valence-corrected chi connectivity index (χ0v) is 50.9. The molecule has 6 aliphatic heterocycles. The average molecular weight is 1250 g/mol. The Morgan fingerprint density at radius 3 is 1.67 bits per heavy atom. The van der Waals surface area contributed by atoms with E-state index in [9.17, 15) is 30.2 Å². The second-order valence-electron chi connectivity index (χ2n) is 24.3. The van der Waals surface area contributed by atoms with Crippen molar-refractivity contribution in [3.05, 3.63) is 72.9 Å². The number of nitriles is 3. The molecule has 3 aromatic carbocycles. The number of hydrogen-bond donors (Lipinski definition) is 1. The molecule has 0 saturated carbocycles. The van der Waals surface area contributed by atoms with Crippen LogP contribution < -0.4 is 15.1 Å². The van der Waals surface area contributed by atoms with E-state index < -0.39 is 34.8 Å². The van der Waals surface area contributed by atoms with Crippen molar-refractivity contribution in [2.75, 3.05) is 41.3 Å². The molecular weight excluding hydrogens is 1190 g/mol. The minimum absolute atomic E-state index is 0.0388. The predicted molar refractivity (Wildman–Crippen MR) is 313 cm³/mol. The summed E-state index contributed by atoms with van der Waals surface area (Å²) in [6, 6.07) is 9.51. The SMILES string of the molecule is CC(C)(C)OC(=O)N1C[C@H]2C[C@@H]1CN2c1ncnc2c(Cl)c(Br)c3c(c12)C(CC#N)OC3.CC(C)(C)OC(=O)Nc1sc2c(F)ccc(-c3c4c(c5c(N6C[C@H]7C[C@@H]6CN7C(=O)OC(C)(C)C)ncnc5c3Cl)C(CC#N)OC4)c2c1C#N. The number of nitrogens with zero attached hydrogens (tertiary/aromatic N) is 11. The topological polar surface area (TPSA) is 245 Å². The maximum atomic E-state index is 15.5. The molecule has 0 radical (unpaired) electrons. The summed E-state index contributed by atoms with van der Waals surface area (Å²) in [7, 11) is 0. The van der Waals surface area contributed by atoms with E-state index in [2.05, 4.69) is 64.2 Å². The lowest BCUT2D eigenvalue weighted by Crippen LogP contribution is -2.50. The van der Waals surface area contributed by atoms with Crippen molar-refractivity contribution in [2.24, 2.45) is 0 Å². The van der Waals surface area contributed by atoms with Crippen LogP contribution in [0.25, 0.3) is 43.0 Å². The Bertz CT molecular complexity index is 3850. The second kappa shape index (κ2) is 21.6. The van der Waals surface area contributed by atoms with Crippen molar-refractivity contribution in [3.63, 3.8) is 0 Å². The average Bonchev–Trinajstić information content (AvgIpc) is 3.47. The summed E-state index contributed by atoms with van der Waals surface area (Å²) in [4.78, 5) is 64.8.